The van der Waals surface area contributed by atoms with E-state index in [1.165, 1.54) is 0 Å². The minimum Gasteiger partial charge on any atom is -0.373 e. The first-order valence-electron chi connectivity index (χ1n) is 7.31. The van der Waals surface area contributed by atoms with Crippen LogP contribution in [0.15, 0.2) is 42.5 Å². The molecule has 2 aromatic carbocycles. The largest absolute Gasteiger partial charge is 0.373 e. The smallest absolute Gasteiger partial charge is 0.254 e. The summed E-state index contributed by atoms with van der Waals surface area (Å²) in [6.45, 7) is 3.63. The number of morpholine rings is 1. The Morgan fingerprint density at radius 1 is 1.29 bits per heavy atom. The fourth-order valence-electron chi connectivity index (χ4n) is 2.76. The van der Waals surface area contributed by atoms with Crippen LogP contribution in [0, 0.1) is 0 Å². The predicted octanol–water partition coefficient (Wildman–Crippen LogP) is 2.03. The summed E-state index contributed by atoms with van der Waals surface area (Å²) in [6, 6.07) is 13.7. The highest BCUT2D eigenvalue weighted by Gasteiger charge is 2.27. The number of ether oxygens (including phenoxy) is 1. The molecule has 0 spiro atoms. The van der Waals surface area contributed by atoms with Crippen LogP contribution in [0.4, 0.5) is 0 Å². The number of carbonyl (C=O) groups excluding carboxylic acids is 1. The molecule has 0 radical (unpaired) electrons. The number of benzene rings is 2. The number of nitrogens with two attached hydrogens (primary N) is 1. The van der Waals surface area contributed by atoms with E-state index < -0.39 is 0 Å². The normalized spacial score (nSPS) is 20.5. The summed E-state index contributed by atoms with van der Waals surface area (Å²) in [6.07, 6.45) is -0.0855. The molecule has 110 valence electrons. The summed E-state index contributed by atoms with van der Waals surface area (Å²) in [5, 5.41) is 2.08. The van der Waals surface area contributed by atoms with E-state index in [1.54, 1.807) is 0 Å². The number of fused-ring (bicyclic) bond motifs is 1. The Morgan fingerprint density at radius 2 is 2.05 bits per heavy atom. The Hall–Kier alpha value is -1.91. The Labute approximate surface area is 124 Å². The van der Waals surface area contributed by atoms with E-state index in [2.05, 4.69) is 0 Å². The van der Waals surface area contributed by atoms with Crippen LogP contribution in [0.1, 0.15) is 17.3 Å². The lowest BCUT2D eigenvalue weighted by atomic mass is 10.0. The number of amides is 1. The summed E-state index contributed by atoms with van der Waals surface area (Å²) in [4.78, 5) is 14.7. The Balaban J connectivity index is 1.90. The summed E-state index contributed by atoms with van der Waals surface area (Å²) in [5.74, 6) is 0.0563. The molecule has 3 rings (SSSR count). The first-order chi connectivity index (χ1) is 10.2. The Bertz CT molecular complexity index is 649. The maximum absolute atomic E-state index is 12.8. The van der Waals surface area contributed by atoms with Crippen molar-refractivity contribution in [1.82, 2.24) is 4.90 Å². The zero-order valence-corrected chi connectivity index (χ0v) is 12.2. The third-order valence-corrected chi connectivity index (χ3v) is 3.99. The first kappa shape index (κ1) is 14.0. The maximum Gasteiger partial charge on any atom is 0.254 e. The second-order valence-corrected chi connectivity index (χ2v) is 5.55. The van der Waals surface area contributed by atoms with Gasteiger partial charge in [0.2, 0.25) is 0 Å². The van der Waals surface area contributed by atoms with E-state index in [-0.39, 0.29) is 18.1 Å². The molecule has 1 aliphatic rings. The molecular weight excluding hydrogens is 264 g/mol. The van der Waals surface area contributed by atoms with Gasteiger partial charge in [-0.05, 0) is 23.8 Å². The van der Waals surface area contributed by atoms with Crippen LogP contribution in [0.5, 0.6) is 0 Å². The van der Waals surface area contributed by atoms with E-state index >= 15 is 0 Å². The molecule has 0 aromatic heterocycles. The van der Waals surface area contributed by atoms with E-state index in [0.29, 0.717) is 19.7 Å². The molecule has 1 aliphatic heterocycles. The highest BCUT2D eigenvalue weighted by atomic mass is 16.5. The highest BCUT2D eigenvalue weighted by molar-refractivity contribution is 6.07. The number of carbonyl (C=O) groups is 1. The van der Waals surface area contributed by atoms with E-state index in [4.69, 9.17) is 10.5 Å². The predicted molar refractivity (Wildman–Crippen MR) is 83.2 cm³/mol. The standard InChI is InChI=1S/C17H20N2O2/c1-12(18)16-11-19(9-10-21-16)17(20)15-8-4-6-13-5-2-3-7-14(13)15/h2-8,12,16H,9-11,18H2,1H3. The molecular formula is C17H20N2O2. The van der Waals surface area contributed by atoms with Gasteiger partial charge in [0.25, 0.3) is 5.91 Å². The SMILES string of the molecule is CC(N)C1CN(C(=O)c2cccc3ccccc23)CCO1. The molecule has 21 heavy (non-hydrogen) atoms. The number of rotatable bonds is 2. The second-order valence-electron chi connectivity index (χ2n) is 5.55. The van der Waals surface area contributed by atoms with Gasteiger partial charge in [-0.1, -0.05) is 36.4 Å². The lowest BCUT2D eigenvalue weighted by Gasteiger charge is -2.35. The van der Waals surface area contributed by atoms with Crippen LogP contribution in [-0.2, 0) is 4.74 Å². The van der Waals surface area contributed by atoms with Crippen molar-refractivity contribution < 1.29 is 9.53 Å². The molecule has 0 bridgehead atoms. The van der Waals surface area contributed by atoms with Crippen molar-refractivity contribution in [2.24, 2.45) is 5.73 Å². The minimum atomic E-state index is -0.0855. The highest BCUT2D eigenvalue weighted by Crippen LogP contribution is 2.21. The average Bonchev–Trinajstić information content (AvgIpc) is 2.53. The maximum atomic E-state index is 12.8. The molecule has 4 nitrogen and oxygen atoms in total. The van der Waals surface area contributed by atoms with Crippen LogP contribution >= 0.6 is 0 Å². The zero-order valence-electron chi connectivity index (χ0n) is 12.2. The minimum absolute atomic E-state index is 0.0563. The zero-order chi connectivity index (χ0) is 14.8. The fraction of sp³-hybridized carbons (Fsp3) is 0.353. The first-order valence-corrected chi connectivity index (χ1v) is 7.31. The van der Waals surface area contributed by atoms with Gasteiger partial charge < -0.3 is 15.4 Å². The monoisotopic (exact) mass is 284 g/mol. The molecule has 0 aliphatic carbocycles. The molecule has 4 heteroatoms. The molecule has 2 aromatic rings. The fourth-order valence-corrected chi connectivity index (χ4v) is 2.76. The third kappa shape index (κ3) is 2.77. The van der Waals surface area contributed by atoms with Gasteiger partial charge in [0.1, 0.15) is 0 Å². The molecule has 1 saturated heterocycles. The van der Waals surface area contributed by atoms with Gasteiger partial charge >= 0.3 is 0 Å². The summed E-state index contributed by atoms with van der Waals surface area (Å²) >= 11 is 0. The third-order valence-electron chi connectivity index (χ3n) is 3.99. The molecule has 1 fully saturated rings. The number of hydrogen-bond donors (Lipinski definition) is 1. The van der Waals surface area contributed by atoms with Crippen molar-refractivity contribution in [3.05, 3.63) is 48.0 Å². The summed E-state index contributed by atoms with van der Waals surface area (Å²) < 4.78 is 5.62. The van der Waals surface area contributed by atoms with Crippen molar-refractivity contribution in [2.75, 3.05) is 19.7 Å². The second kappa shape index (κ2) is 5.84. The van der Waals surface area contributed by atoms with Crippen molar-refractivity contribution in [2.45, 2.75) is 19.1 Å². The van der Waals surface area contributed by atoms with E-state index in [1.807, 2.05) is 54.3 Å². The van der Waals surface area contributed by atoms with Crippen molar-refractivity contribution in [3.8, 4) is 0 Å². The Kier molecular flexibility index (Phi) is 3.90. The van der Waals surface area contributed by atoms with E-state index in [9.17, 15) is 4.79 Å². The van der Waals surface area contributed by atoms with Gasteiger partial charge in [0.05, 0.1) is 12.7 Å². The van der Waals surface area contributed by atoms with Gasteiger partial charge in [-0.15, -0.1) is 0 Å². The lowest BCUT2D eigenvalue weighted by Crippen LogP contribution is -2.51. The van der Waals surface area contributed by atoms with Crippen molar-refractivity contribution >= 4 is 16.7 Å². The molecule has 1 amide bonds. The van der Waals surface area contributed by atoms with Gasteiger partial charge in [-0.25, -0.2) is 0 Å². The van der Waals surface area contributed by atoms with Gasteiger partial charge in [-0.3, -0.25) is 4.79 Å². The van der Waals surface area contributed by atoms with Crippen LogP contribution in [-0.4, -0.2) is 42.6 Å². The van der Waals surface area contributed by atoms with Crippen LogP contribution in [0.2, 0.25) is 0 Å². The van der Waals surface area contributed by atoms with Crippen molar-refractivity contribution in [1.29, 1.82) is 0 Å². The molecule has 1 heterocycles. The summed E-state index contributed by atoms with van der Waals surface area (Å²) in [5.41, 5.74) is 6.64. The van der Waals surface area contributed by atoms with Gasteiger partial charge in [0.15, 0.2) is 0 Å². The molecule has 0 saturated carbocycles. The molecule has 2 N–H and O–H groups in total. The van der Waals surface area contributed by atoms with Gasteiger partial charge in [-0.2, -0.15) is 0 Å². The van der Waals surface area contributed by atoms with E-state index in [0.717, 1.165) is 16.3 Å². The quantitative estimate of drug-likeness (QED) is 0.918. The van der Waals surface area contributed by atoms with Crippen LogP contribution in [0.3, 0.4) is 0 Å². The topological polar surface area (TPSA) is 55.6 Å². The Morgan fingerprint density at radius 3 is 2.86 bits per heavy atom. The molecule has 2 unspecified atom stereocenters. The number of hydrogen-bond acceptors (Lipinski definition) is 3. The van der Waals surface area contributed by atoms with Gasteiger partial charge in [0, 0.05) is 24.7 Å². The van der Waals surface area contributed by atoms with Crippen molar-refractivity contribution in [3.63, 3.8) is 0 Å². The lowest BCUT2D eigenvalue weighted by molar-refractivity contribution is -0.0299. The number of nitrogens with zero attached hydrogens (tertiary/aromatic N) is 1. The van der Waals surface area contributed by atoms with Crippen LogP contribution in [0.25, 0.3) is 10.8 Å². The molecule has 2 atom stereocenters. The summed E-state index contributed by atoms with van der Waals surface area (Å²) in [7, 11) is 0. The van der Waals surface area contributed by atoms with Crippen LogP contribution < -0.4 is 5.73 Å². The average molecular weight is 284 g/mol.